The first kappa shape index (κ1) is 12.1. The molecule has 1 aromatic carbocycles. The van der Waals surface area contributed by atoms with Gasteiger partial charge in [0.2, 0.25) is 0 Å². The minimum Gasteiger partial charge on any atom is -0.383 e. The topological polar surface area (TPSA) is 38.0 Å². The van der Waals surface area contributed by atoms with Gasteiger partial charge in [-0.15, -0.1) is 0 Å². The van der Waals surface area contributed by atoms with Gasteiger partial charge >= 0.3 is 0 Å². The molecule has 17 heavy (non-hydrogen) atoms. The second-order valence-electron chi connectivity index (χ2n) is 4.40. The van der Waals surface area contributed by atoms with Crippen LogP contribution in [-0.2, 0) is 19.1 Å². The Morgan fingerprint density at radius 2 is 2.00 bits per heavy atom. The van der Waals surface area contributed by atoms with E-state index in [1.165, 1.54) is 0 Å². The Labute approximate surface area is 106 Å². The first-order valence-corrected chi connectivity index (χ1v) is 5.83. The summed E-state index contributed by atoms with van der Waals surface area (Å²) < 4.78 is 1.62. The Bertz CT molecular complexity index is 486. The van der Waals surface area contributed by atoms with E-state index < -0.39 is 5.60 Å². The van der Waals surface area contributed by atoms with Crippen molar-refractivity contribution < 1.29 is 5.11 Å². The quantitative estimate of drug-likeness (QED) is 0.909. The molecule has 0 aliphatic heterocycles. The van der Waals surface area contributed by atoms with Crippen molar-refractivity contribution in [2.24, 2.45) is 7.05 Å². The number of aryl methyl sites for hydroxylation is 1. The van der Waals surface area contributed by atoms with Gasteiger partial charge in [-0.05, 0) is 12.5 Å². The summed E-state index contributed by atoms with van der Waals surface area (Å²) in [4.78, 5) is 0. The van der Waals surface area contributed by atoms with E-state index in [0.717, 1.165) is 5.56 Å². The summed E-state index contributed by atoms with van der Waals surface area (Å²) in [6, 6.07) is 9.83. The molecule has 90 valence electrons. The number of hydrogen-bond donors (Lipinski definition) is 1. The van der Waals surface area contributed by atoms with Crippen molar-refractivity contribution in [3.05, 3.63) is 52.8 Å². The zero-order valence-electron chi connectivity index (χ0n) is 9.89. The summed E-state index contributed by atoms with van der Waals surface area (Å²) >= 11 is 6.05. The lowest BCUT2D eigenvalue weighted by molar-refractivity contribution is 0.0491. The van der Waals surface area contributed by atoms with E-state index in [1.807, 2.05) is 30.3 Å². The maximum atomic E-state index is 10.5. The van der Waals surface area contributed by atoms with Crippen LogP contribution >= 0.6 is 11.6 Å². The third kappa shape index (κ3) is 2.51. The normalized spacial score (nSPS) is 14.6. The van der Waals surface area contributed by atoms with Crippen LogP contribution in [-0.4, -0.2) is 14.9 Å². The monoisotopic (exact) mass is 250 g/mol. The van der Waals surface area contributed by atoms with Crippen molar-refractivity contribution in [1.29, 1.82) is 0 Å². The summed E-state index contributed by atoms with van der Waals surface area (Å²) in [6.45, 7) is 1.75. The van der Waals surface area contributed by atoms with Crippen molar-refractivity contribution in [2.75, 3.05) is 0 Å². The smallest absolute Gasteiger partial charge is 0.109 e. The highest BCUT2D eigenvalue weighted by Gasteiger charge is 2.29. The summed E-state index contributed by atoms with van der Waals surface area (Å²) in [5, 5.41) is 15.1. The Hall–Kier alpha value is -1.32. The average molecular weight is 251 g/mol. The molecule has 0 spiro atoms. The number of rotatable bonds is 3. The Morgan fingerprint density at radius 1 is 1.35 bits per heavy atom. The van der Waals surface area contributed by atoms with E-state index in [2.05, 4.69) is 5.10 Å². The van der Waals surface area contributed by atoms with Crippen molar-refractivity contribution >= 4 is 11.6 Å². The number of hydrogen-bond acceptors (Lipinski definition) is 2. The van der Waals surface area contributed by atoms with E-state index >= 15 is 0 Å². The van der Waals surface area contributed by atoms with Crippen molar-refractivity contribution in [1.82, 2.24) is 9.78 Å². The van der Waals surface area contributed by atoms with Crippen LogP contribution in [0, 0.1) is 0 Å². The number of halogens is 1. The molecule has 0 saturated carbocycles. The van der Waals surface area contributed by atoms with Crippen LogP contribution in [0.3, 0.4) is 0 Å². The molecule has 1 aromatic heterocycles. The van der Waals surface area contributed by atoms with Gasteiger partial charge in [0, 0.05) is 13.5 Å². The van der Waals surface area contributed by atoms with Crippen LogP contribution in [0.4, 0.5) is 0 Å². The van der Waals surface area contributed by atoms with Crippen molar-refractivity contribution in [3.63, 3.8) is 0 Å². The predicted molar refractivity (Wildman–Crippen MR) is 67.9 cm³/mol. The van der Waals surface area contributed by atoms with Crippen molar-refractivity contribution in [2.45, 2.75) is 18.9 Å². The van der Waals surface area contributed by atoms with Crippen LogP contribution in [0.25, 0.3) is 0 Å². The highest BCUT2D eigenvalue weighted by atomic mass is 35.5. The van der Waals surface area contributed by atoms with Gasteiger partial charge in [0.1, 0.15) is 5.60 Å². The van der Waals surface area contributed by atoms with E-state index in [0.29, 0.717) is 17.1 Å². The Balaban J connectivity index is 2.31. The summed E-state index contributed by atoms with van der Waals surface area (Å²) in [5.41, 5.74) is 0.682. The minimum absolute atomic E-state index is 0.494. The van der Waals surface area contributed by atoms with E-state index in [-0.39, 0.29) is 0 Å². The largest absolute Gasteiger partial charge is 0.383 e. The molecule has 0 fully saturated rings. The van der Waals surface area contributed by atoms with Crippen molar-refractivity contribution in [3.8, 4) is 0 Å². The average Bonchev–Trinajstić information content (AvgIpc) is 2.59. The molecule has 4 heteroatoms. The highest BCUT2D eigenvalue weighted by molar-refractivity contribution is 6.31. The van der Waals surface area contributed by atoms with E-state index in [9.17, 15) is 5.11 Å². The molecule has 0 amide bonds. The number of nitrogens with zero attached hydrogens (tertiary/aromatic N) is 2. The molecule has 0 aliphatic carbocycles. The van der Waals surface area contributed by atoms with Crippen LogP contribution in [0.15, 0.2) is 36.5 Å². The lowest BCUT2D eigenvalue weighted by Gasteiger charge is -2.24. The summed E-state index contributed by atoms with van der Waals surface area (Å²) in [7, 11) is 1.78. The molecule has 0 aliphatic rings. The van der Waals surface area contributed by atoms with E-state index in [1.54, 1.807) is 24.9 Å². The van der Waals surface area contributed by atoms with Gasteiger partial charge in [-0.1, -0.05) is 41.9 Å². The first-order chi connectivity index (χ1) is 8.00. The molecule has 1 atom stereocenters. The fourth-order valence-corrected chi connectivity index (χ4v) is 2.46. The zero-order valence-corrected chi connectivity index (χ0v) is 10.6. The van der Waals surface area contributed by atoms with Gasteiger partial charge in [0.25, 0.3) is 0 Å². The number of benzene rings is 1. The summed E-state index contributed by atoms with van der Waals surface area (Å²) in [6.07, 6.45) is 2.06. The number of aliphatic hydroxyl groups is 1. The maximum absolute atomic E-state index is 10.5. The third-order valence-corrected chi connectivity index (χ3v) is 3.07. The molecule has 1 unspecified atom stereocenters. The SMILES string of the molecule is Cn1ncc(Cl)c1C(C)(O)Cc1ccccc1. The van der Waals surface area contributed by atoms with Gasteiger partial charge < -0.3 is 5.11 Å². The second kappa shape index (κ2) is 4.51. The summed E-state index contributed by atoms with van der Waals surface area (Å²) in [5.74, 6) is 0. The second-order valence-corrected chi connectivity index (χ2v) is 4.81. The predicted octanol–water partition coefficient (Wildman–Crippen LogP) is 2.52. The molecular formula is C13H15ClN2O. The molecule has 2 aromatic rings. The zero-order chi connectivity index (χ0) is 12.5. The Morgan fingerprint density at radius 3 is 2.53 bits per heavy atom. The molecular weight excluding hydrogens is 236 g/mol. The Kier molecular flexibility index (Phi) is 3.22. The van der Waals surface area contributed by atoms with Gasteiger partial charge in [0.05, 0.1) is 16.9 Å². The standard InChI is InChI=1S/C13H15ClN2O/c1-13(17,8-10-6-4-3-5-7-10)12-11(14)9-15-16(12)2/h3-7,9,17H,8H2,1-2H3. The molecule has 0 bridgehead atoms. The molecule has 3 nitrogen and oxygen atoms in total. The van der Waals surface area contributed by atoms with Gasteiger partial charge in [-0.3, -0.25) is 4.68 Å². The number of aromatic nitrogens is 2. The lowest BCUT2D eigenvalue weighted by atomic mass is 9.93. The van der Waals surface area contributed by atoms with E-state index in [4.69, 9.17) is 11.6 Å². The van der Waals surface area contributed by atoms with Crippen LogP contribution in [0.2, 0.25) is 5.02 Å². The molecule has 0 radical (unpaired) electrons. The molecule has 2 rings (SSSR count). The fraction of sp³-hybridized carbons (Fsp3) is 0.308. The maximum Gasteiger partial charge on any atom is 0.109 e. The fourth-order valence-electron chi connectivity index (χ4n) is 2.09. The lowest BCUT2D eigenvalue weighted by Crippen LogP contribution is -2.27. The van der Waals surface area contributed by atoms with Gasteiger partial charge in [-0.2, -0.15) is 5.10 Å². The van der Waals surface area contributed by atoms with Crippen LogP contribution < -0.4 is 0 Å². The minimum atomic E-state index is -1.02. The highest BCUT2D eigenvalue weighted by Crippen LogP contribution is 2.30. The van der Waals surface area contributed by atoms with Crippen LogP contribution in [0.1, 0.15) is 18.2 Å². The first-order valence-electron chi connectivity index (χ1n) is 5.45. The van der Waals surface area contributed by atoms with Crippen LogP contribution in [0.5, 0.6) is 0 Å². The van der Waals surface area contributed by atoms with Gasteiger partial charge in [0.15, 0.2) is 0 Å². The molecule has 1 heterocycles. The molecule has 0 saturated heterocycles. The third-order valence-electron chi connectivity index (χ3n) is 2.80. The van der Waals surface area contributed by atoms with Gasteiger partial charge in [-0.25, -0.2) is 0 Å². The molecule has 1 N–H and O–H groups in total.